The molecule has 0 radical (unpaired) electrons. The van der Waals surface area contributed by atoms with Crippen molar-refractivity contribution in [2.75, 3.05) is 11.9 Å². The Morgan fingerprint density at radius 2 is 1.93 bits per heavy atom. The van der Waals surface area contributed by atoms with E-state index < -0.39 is 18.7 Å². The molecule has 0 saturated carbocycles. The molecule has 1 heterocycles. The average molecular weight is 444 g/mol. The van der Waals surface area contributed by atoms with E-state index in [2.05, 4.69) is 15.2 Å². The Morgan fingerprint density at radius 3 is 2.66 bits per heavy atom. The van der Waals surface area contributed by atoms with Crippen LogP contribution < -0.4 is 10.1 Å². The van der Waals surface area contributed by atoms with Gasteiger partial charge in [-0.25, -0.2) is 0 Å². The summed E-state index contributed by atoms with van der Waals surface area (Å²) in [5.41, 5.74) is 0.937. The van der Waals surface area contributed by atoms with Gasteiger partial charge >= 0.3 is 6.18 Å². The largest absolute Gasteiger partial charge is 0.484 e. The van der Waals surface area contributed by atoms with E-state index >= 15 is 0 Å². The van der Waals surface area contributed by atoms with E-state index in [9.17, 15) is 18.0 Å². The van der Waals surface area contributed by atoms with Crippen molar-refractivity contribution < 1.29 is 22.7 Å². The molecule has 29 heavy (non-hydrogen) atoms. The molecule has 5 nitrogen and oxygen atoms in total. The number of anilines is 1. The van der Waals surface area contributed by atoms with Gasteiger partial charge in [0.1, 0.15) is 5.75 Å². The molecule has 1 N–H and O–H groups in total. The molecule has 1 aromatic heterocycles. The summed E-state index contributed by atoms with van der Waals surface area (Å²) >= 11 is 12.0. The third kappa shape index (κ3) is 6.13. The van der Waals surface area contributed by atoms with Gasteiger partial charge < -0.3 is 10.1 Å². The highest BCUT2D eigenvalue weighted by atomic mass is 35.5. The van der Waals surface area contributed by atoms with Gasteiger partial charge in [-0.05, 0) is 35.9 Å². The van der Waals surface area contributed by atoms with Crippen LogP contribution in [0.1, 0.15) is 15.9 Å². The molecular formula is C19H14Cl2F3N3O2. The van der Waals surface area contributed by atoms with Crippen LogP contribution in [0.2, 0.25) is 10.0 Å². The highest BCUT2D eigenvalue weighted by molar-refractivity contribution is 6.35. The Kier molecular flexibility index (Phi) is 6.34. The molecule has 0 unspecified atom stereocenters. The Bertz CT molecular complexity index is 1020. The van der Waals surface area contributed by atoms with E-state index in [1.54, 1.807) is 35.1 Å². The number of hydrogen-bond donors (Lipinski definition) is 1. The van der Waals surface area contributed by atoms with E-state index in [-0.39, 0.29) is 17.1 Å². The van der Waals surface area contributed by atoms with Crippen molar-refractivity contribution >= 4 is 34.9 Å². The Labute approximate surface area is 174 Å². The molecule has 2 aromatic carbocycles. The SMILES string of the molecule is O=C(Nc1ccn(Cc2ccc(Cl)cc2Cl)n1)c1cccc(OCC(F)(F)F)c1. The molecule has 0 fully saturated rings. The zero-order valence-electron chi connectivity index (χ0n) is 14.7. The van der Waals surface area contributed by atoms with Crippen molar-refractivity contribution in [1.82, 2.24) is 9.78 Å². The number of nitrogens with zero attached hydrogens (tertiary/aromatic N) is 2. The first-order chi connectivity index (χ1) is 13.7. The second kappa shape index (κ2) is 8.75. The van der Waals surface area contributed by atoms with Crippen LogP contribution >= 0.6 is 23.2 Å². The fourth-order valence-corrected chi connectivity index (χ4v) is 2.89. The first-order valence-electron chi connectivity index (χ1n) is 8.28. The number of benzene rings is 2. The van der Waals surface area contributed by atoms with Gasteiger partial charge in [-0.15, -0.1) is 0 Å². The van der Waals surface area contributed by atoms with Gasteiger partial charge in [-0.1, -0.05) is 35.3 Å². The van der Waals surface area contributed by atoms with Crippen molar-refractivity contribution in [1.29, 1.82) is 0 Å². The smallest absolute Gasteiger partial charge is 0.422 e. The molecule has 1 amide bonds. The Morgan fingerprint density at radius 1 is 1.14 bits per heavy atom. The quantitative estimate of drug-likeness (QED) is 0.552. The minimum atomic E-state index is -4.46. The number of carbonyl (C=O) groups is 1. The van der Waals surface area contributed by atoms with Crippen LogP contribution in [0, 0.1) is 0 Å². The van der Waals surface area contributed by atoms with Crippen LogP contribution in [-0.4, -0.2) is 28.5 Å². The number of nitrogens with one attached hydrogen (secondary N) is 1. The van der Waals surface area contributed by atoms with Gasteiger partial charge in [-0.2, -0.15) is 18.3 Å². The summed E-state index contributed by atoms with van der Waals surface area (Å²) in [6.45, 7) is -1.07. The lowest BCUT2D eigenvalue weighted by atomic mass is 10.2. The van der Waals surface area contributed by atoms with Gasteiger partial charge in [0.25, 0.3) is 5.91 Å². The molecule has 0 saturated heterocycles. The first-order valence-corrected chi connectivity index (χ1v) is 9.03. The van der Waals surface area contributed by atoms with Crippen LogP contribution in [0.25, 0.3) is 0 Å². The number of rotatable bonds is 6. The predicted octanol–water partition coefficient (Wildman–Crippen LogP) is 5.43. The molecular weight excluding hydrogens is 430 g/mol. The lowest BCUT2D eigenvalue weighted by Gasteiger charge is -2.10. The molecule has 0 aliphatic rings. The Balaban J connectivity index is 1.64. The maximum absolute atomic E-state index is 12.4. The number of halogens is 5. The molecule has 152 valence electrons. The van der Waals surface area contributed by atoms with Crippen molar-refractivity contribution in [3.63, 3.8) is 0 Å². The molecule has 10 heteroatoms. The topological polar surface area (TPSA) is 56.2 Å². The minimum absolute atomic E-state index is 0.0575. The van der Waals surface area contributed by atoms with E-state index in [1.165, 1.54) is 24.3 Å². The molecule has 3 aromatic rings. The second-order valence-electron chi connectivity index (χ2n) is 6.02. The summed E-state index contributed by atoms with van der Waals surface area (Å²) in [7, 11) is 0. The third-order valence-corrected chi connectivity index (χ3v) is 4.32. The number of aromatic nitrogens is 2. The van der Waals surface area contributed by atoms with Crippen molar-refractivity contribution in [2.24, 2.45) is 0 Å². The van der Waals surface area contributed by atoms with E-state index in [1.807, 2.05) is 0 Å². The zero-order valence-corrected chi connectivity index (χ0v) is 16.2. The standard InChI is InChI=1S/C19H14Cl2F3N3O2/c20-14-5-4-13(16(21)9-14)10-27-7-6-17(26-27)25-18(28)12-2-1-3-15(8-12)29-11-19(22,23)24/h1-9H,10-11H2,(H,25,26,28). The third-order valence-electron chi connectivity index (χ3n) is 3.73. The maximum atomic E-state index is 12.4. The fraction of sp³-hybridized carbons (Fsp3) is 0.158. The predicted molar refractivity (Wildman–Crippen MR) is 104 cm³/mol. The molecule has 0 spiro atoms. The molecule has 0 bridgehead atoms. The number of amides is 1. The lowest BCUT2D eigenvalue weighted by molar-refractivity contribution is -0.153. The summed E-state index contributed by atoms with van der Waals surface area (Å²) in [5.74, 6) is -0.309. The van der Waals surface area contributed by atoms with Crippen LogP contribution in [-0.2, 0) is 6.54 Å². The van der Waals surface area contributed by atoms with Crippen molar-refractivity contribution in [2.45, 2.75) is 12.7 Å². The first kappa shape index (κ1) is 21.0. The van der Waals surface area contributed by atoms with Crippen molar-refractivity contribution in [3.05, 3.63) is 75.9 Å². The highest BCUT2D eigenvalue weighted by Crippen LogP contribution is 2.22. The van der Waals surface area contributed by atoms with Gasteiger partial charge in [0, 0.05) is 27.9 Å². The summed E-state index contributed by atoms with van der Waals surface area (Å²) in [6.07, 6.45) is -2.80. The minimum Gasteiger partial charge on any atom is -0.484 e. The summed E-state index contributed by atoms with van der Waals surface area (Å²) in [4.78, 5) is 12.4. The fourth-order valence-electron chi connectivity index (χ4n) is 2.42. The van der Waals surface area contributed by atoms with Gasteiger partial charge in [-0.3, -0.25) is 9.48 Å². The number of ether oxygens (including phenoxy) is 1. The van der Waals surface area contributed by atoms with Gasteiger partial charge in [0.2, 0.25) is 0 Å². The lowest BCUT2D eigenvalue weighted by Crippen LogP contribution is -2.19. The Hall–Kier alpha value is -2.71. The van der Waals surface area contributed by atoms with Gasteiger partial charge in [0.15, 0.2) is 12.4 Å². The van der Waals surface area contributed by atoms with Crippen molar-refractivity contribution in [3.8, 4) is 5.75 Å². The highest BCUT2D eigenvalue weighted by Gasteiger charge is 2.28. The van der Waals surface area contributed by atoms with Crippen LogP contribution in [0.5, 0.6) is 5.75 Å². The van der Waals surface area contributed by atoms with Crippen LogP contribution in [0.4, 0.5) is 19.0 Å². The molecule has 0 atom stereocenters. The van der Waals surface area contributed by atoms with E-state index in [0.717, 1.165) is 5.56 Å². The summed E-state index contributed by atoms with van der Waals surface area (Å²) in [6, 6.07) is 12.2. The number of carbonyl (C=O) groups excluding carboxylic acids is 1. The van der Waals surface area contributed by atoms with Gasteiger partial charge in [0.05, 0.1) is 6.54 Å². The second-order valence-corrected chi connectivity index (χ2v) is 6.86. The molecule has 0 aliphatic heterocycles. The summed E-state index contributed by atoms with van der Waals surface area (Å²) in [5, 5.41) is 7.84. The molecule has 3 rings (SSSR count). The monoisotopic (exact) mass is 443 g/mol. The van der Waals surface area contributed by atoms with Crippen LogP contribution in [0.3, 0.4) is 0 Å². The average Bonchev–Trinajstić information content (AvgIpc) is 3.09. The zero-order chi connectivity index (χ0) is 21.0. The van der Waals surface area contributed by atoms with Crippen LogP contribution in [0.15, 0.2) is 54.7 Å². The molecule has 0 aliphatic carbocycles. The number of hydrogen-bond acceptors (Lipinski definition) is 3. The van der Waals surface area contributed by atoms with E-state index in [4.69, 9.17) is 23.2 Å². The normalized spacial score (nSPS) is 11.3. The summed E-state index contributed by atoms with van der Waals surface area (Å²) < 4.78 is 43.0. The maximum Gasteiger partial charge on any atom is 0.422 e. The number of alkyl halides is 3. The van der Waals surface area contributed by atoms with E-state index in [0.29, 0.717) is 16.6 Å².